The normalized spacial score (nSPS) is 0.200. The third-order valence-electron chi connectivity index (χ3n) is 0. The standard InChI is InChI=1S/5ClH.2Cs.NO.Os/c;;;;;;;1-2;/h5*1H;;;;/q;;;;;3*+1;+2/p-5. The van der Waals surface area contributed by atoms with E-state index >= 15 is 0 Å². The van der Waals surface area contributed by atoms with E-state index < -0.39 is 0 Å². The van der Waals surface area contributed by atoms with Crippen molar-refractivity contribution in [2.24, 2.45) is 0 Å². The first-order chi connectivity index (χ1) is 1.00. The quantitative estimate of drug-likeness (QED) is 0.238. The molecule has 0 atom stereocenters. The van der Waals surface area contributed by atoms with Gasteiger partial charge in [-0.1, -0.05) is 0 Å². The van der Waals surface area contributed by atoms with Crippen LogP contribution in [0.5, 0.6) is 0 Å². The van der Waals surface area contributed by atoms with Gasteiger partial charge in [-0.15, -0.1) is 0 Å². The Kier molecular flexibility index (Phi) is 619. The molecule has 0 amide bonds. The molecule has 0 heterocycles. The minimum absolute atomic E-state index is 0. The molecule has 0 aliphatic rings. The van der Waals surface area contributed by atoms with Gasteiger partial charge >= 0.3 is 168 Å². The zero-order valence-electron chi connectivity index (χ0n) is 5.10. The fourth-order valence-electron chi connectivity index (χ4n) is 0. The molecule has 0 saturated heterocycles. The van der Waals surface area contributed by atoms with Crippen LogP contribution < -0.4 is 200 Å². The number of halogens is 5. The Morgan fingerprint density at radius 1 is 0.600 bits per heavy atom. The molecule has 0 saturated carbocycles. The van der Waals surface area contributed by atoms with E-state index in [9.17, 15) is 0 Å². The minimum atomic E-state index is 0. The maximum absolute atomic E-state index is 7.25. The first-order valence-corrected chi connectivity index (χ1v) is 0.183. The molecule has 10 heteroatoms. The molecule has 0 bridgehead atoms. The molecule has 0 radical (unpaired) electrons. The van der Waals surface area contributed by atoms with Gasteiger partial charge in [-0.05, 0) is 0 Å². The van der Waals surface area contributed by atoms with E-state index in [-0.39, 0.29) is 220 Å². The van der Waals surface area contributed by atoms with Gasteiger partial charge in [0, 0.05) is 0 Å². The summed E-state index contributed by atoms with van der Waals surface area (Å²) in [5, 5.41) is 0. The van der Waals surface area contributed by atoms with E-state index in [0.29, 0.717) is 0 Å². The van der Waals surface area contributed by atoms with Crippen molar-refractivity contribution in [1.82, 2.24) is 0 Å². The molecule has 0 N–H and O–H groups in total. The van der Waals surface area contributed by atoms with E-state index in [2.05, 4.69) is 0 Å². The van der Waals surface area contributed by atoms with Gasteiger partial charge in [0.15, 0.2) is 0 Å². The Bertz CT molecular complexity index is 24.4. The van der Waals surface area contributed by atoms with Crippen molar-refractivity contribution in [3.8, 4) is 0 Å². The Labute approximate surface area is 222 Å². The average Bonchev–Trinajstić information content (AvgIpc) is 1.00. The Morgan fingerprint density at radius 3 is 0.600 bits per heavy atom. The molecular weight excluding hydrogens is 663 g/mol. The molecule has 2 nitrogen and oxygen atoms in total. The van der Waals surface area contributed by atoms with Gasteiger partial charge in [0.25, 0.3) is 0 Å². The van der Waals surface area contributed by atoms with Gasteiger partial charge in [0.1, 0.15) is 0 Å². The van der Waals surface area contributed by atoms with Crippen LogP contribution in [-0.2, 0) is 24.6 Å². The van der Waals surface area contributed by atoms with Crippen molar-refractivity contribution in [3.63, 3.8) is 0 Å². The van der Waals surface area contributed by atoms with Crippen LogP contribution in [0.3, 0.4) is 0 Å². The van der Waals surface area contributed by atoms with Gasteiger partial charge in [-0.3, -0.25) is 0 Å². The van der Waals surface area contributed by atoms with Gasteiger partial charge in [0.2, 0.25) is 0 Å². The molecule has 0 rings (SSSR count). The fourth-order valence-corrected chi connectivity index (χ4v) is 0. The van der Waals surface area contributed by atoms with Gasteiger partial charge in [0.05, 0.1) is 0 Å². The average molecular weight is 663 g/mol. The maximum atomic E-state index is 7.25. The van der Waals surface area contributed by atoms with Crippen molar-refractivity contribution < 1.29 is 224 Å². The number of rotatable bonds is 0. The Hall–Kier alpha value is 5.86. The molecule has 0 unspecified atom stereocenters. The number of nitrogens with zero attached hydrogens (tertiary/aromatic N) is 1. The van der Waals surface area contributed by atoms with Crippen LogP contribution in [0.25, 0.3) is 0 Å². The van der Waals surface area contributed by atoms with Crippen molar-refractivity contribution in [2.75, 3.05) is 0 Å². The molecule has 0 fully saturated rings. The van der Waals surface area contributed by atoms with Gasteiger partial charge in [-0.2, -0.15) is 0 Å². The molecule has 0 spiro atoms. The summed E-state index contributed by atoms with van der Waals surface area (Å²) in [6, 6.07) is 0. The van der Waals surface area contributed by atoms with Crippen LogP contribution in [0, 0.1) is 5.46 Å². The summed E-state index contributed by atoms with van der Waals surface area (Å²) in [7, 11) is 0. The predicted molar refractivity (Wildman–Crippen MR) is 2.41 cm³/mol. The summed E-state index contributed by atoms with van der Waals surface area (Å²) in [5.41, 5.74) is 5.75. The largest absolute Gasteiger partial charge is 2.00 e. The van der Waals surface area contributed by atoms with Crippen LogP contribution in [0.1, 0.15) is 0 Å². The van der Waals surface area contributed by atoms with Crippen LogP contribution in [-0.4, -0.2) is 0 Å². The Morgan fingerprint density at radius 2 is 0.600 bits per heavy atom. The maximum Gasteiger partial charge on any atom is 2.00 e. The number of hydrogen-bond acceptors (Lipinski definition) is 1. The minimum Gasteiger partial charge on any atom is -1.00 e. The summed E-state index contributed by atoms with van der Waals surface area (Å²) in [4.78, 5) is 0. The topological polar surface area (TPSA) is 43.7 Å². The molecular formula is Cl5Cs2NOOs. The van der Waals surface area contributed by atoms with E-state index in [4.69, 9.17) is 10.2 Å². The van der Waals surface area contributed by atoms with Crippen molar-refractivity contribution in [2.45, 2.75) is 0 Å². The van der Waals surface area contributed by atoms with Crippen LogP contribution in [0.4, 0.5) is 0 Å². The number of hydrogen-bond donors (Lipinski definition) is 0. The van der Waals surface area contributed by atoms with Crippen molar-refractivity contribution in [1.29, 1.82) is 5.46 Å². The zero-order chi connectivity index (χ0) is 2.00. The van der Waals surface area contributed by atoms with Crippen molar-refractivity contribution in [3.05, 3.63) is 0 Å². The van der Waals surface area contributed by atoms with Crippen molar-refractivity contribution >= 4 is 0 Å². The second-order valence-electron chi connectivity index (χ2n) is 0. The summed E-state index contributed by atoms with van der Waals surface area (Å²) >= 11 is 0. The van der Waals surface area contributed by atoms with Crippen LogP contribution >= 0.6 is 0 Å². The van der Waals surface area contributed by atoms with Crippen LogP contribution in [0.15, 0.2) is 0 Å². The first kappa shape index (κ1) is 74.4. The van der Waals surface area contributed by atoms with E-state index in [1.807, 2.05) is 0 Å². The third-order valence-corrected chi connectivity index (χ3v) is 0. The molecule has 0 aliphatic carbocycles. The molecule has 0 aromatic carbocycles. The molecule has 0 aliphatic heterocycles. The molecule has 10 heavy (non-hydrogen) atoms. The summed E-state index contributed by atoms with van der Waals surface area (Å²) in [6.07, 6.45) is 0. The molecule has 0 aromatic heterocycles. The van der Waals surface area contributed by atoms with Gasteiger partial charge in [-0.25, -0.2) is 0 Å². The zero-order valence-corrected chi connectivity index (χ0v) is 24.0. The SMILES string of the molecule is N#[O+].[Cl-].[Cl-].[Cl-].[Cl-].[Cl-].[Cs+].[Cs+].[Os+2]. The molecule has 56 valence electrons. The summed E-state index contributed by atoms with van der Waals surface area (Å²) in [5.74, 6) is 0. The van der Waals surface area contributed by atoms with E-state index in [1.54, 1.807) is 0 Å². The Balaban J connectivity index is -0.000000000179. The van der Waals surface area contributed by atoms with E-state index in [0.717, 1.165) is 0 Å². The smallest absolute Gasteiger partial charge is 1.00 e. The molecule has 0 aromatic rings. The summed E-state index contributed by atoms with van der Waals surface area (Å²) in [6.45, 7) is 0. The summed E-state index contributed by atoms with van der Waals surface area (Å²) < 4.78 is 7.25. The van der Waals surface area contributed by atoms with E-state index in [1.165, 1.54) is 0 Å². The van der Waals surface area contributed by atoms with Crippen LogP contribution in [0.2, 0.25) is 0 Å². The second-order valence-corrected chi connectivity index (χ2v) is 0. The fraction of sp³-hybridized carbons (Fsp3) is 0. The monoisotopic (exact) mass is 663 g/mol. The first-order valence-electron chi connectivity index (χ1n) is 0.183. The van der Waals surface area contributed by atoms with Gasteiger partial charge < -0.3 is 62.0 Å². The predicted octanol–water partition coefficient (Wildman–Crippen LogP) is -21.1. The third kappa shape index (κ3) is 66.7. The second kappa shape index (κ2) is 83.1.